The van der Waals surface area contributed by atoms with Crippen molar-refractivity contribution in [3.05, 3.63) is 29.8 Å². The molecule has 0 saturated heterocycles. The van der Waals surface area contributed by atoms with Gasteiger partial charge in [0.15, 0.2) is 5.60 Å². The Morgan fingerprint density at radius 2 is 1.87 bits per heavy atom. The molecule has 9 heteroatoms. The molecule has 1 aromatic carbocycles. The highest BCUT2D eigenvalue weighted by molar-refractivity contribution is 9.08. The molecule has 0 amide bonds. The molecule has 1 aliphatic rings. The van der Waals surface area contributed by atoms with Crippen LogP contribution < -0.4 is 0 Å². The maximum absolute atomic E-state index is 12.8. The summed E-state index contributed by atoms with van der Waals surface area (Å²) in [6, 6.07) is 5.65. The number of rotatable bonds is 3. The first-order valence-electron chi connectivity index (χ1n) is 7.03. The predicted octanol–water partition coefficient (Wildman–Crippen LogP) is 3.53. The van der Waals surface area contributed by atoms with E-state index in [2.05, 4.69) is 16.1 Å². The molecule has 130 valence electrons. The Labute approximate surface area is 141 Å². The third-order valence-corrected chi connectivity index (χ3v) is 7.44. The summed E-state index contributed by atoms with van der Waals surface area (Å²) < 4.78 is 64.4. The quantitative estimate of drug-likeness (QED) is 0.768. The van der Waals surface area contributed by atoms with Crippen molar-refractivity contribution in [1.82, 2.24) is 3.33 Å². The molecule has 0 unspecified atom stereocenters. The van der Waals surface area contributed by atoms with Gasteiger partial charge in [-0.15, -0.1) is 3.33 Å². The van der Waals surface area contributed by atoms with E-state index in [0.717, 1.165) is 8.89 Å². The molecule has 1 aromatic rings. The second-order valence-electron chi connectivity index (χ2n) is 5.82. The molecule has 0 aromatic heterocycles. The summed E-state index contributed by atoms with van der Waals surface area (Å²) in [4.78, 5) is 0.0750. The lowest BCUT2D eigenvalue weighted by Gasteiger charge is -2.39. The molecule has 0 bridgehead atoms. The van der Waals surface area contributed by atoms with E-state index in [0.29, 0.717) is 0 Å². The molecular formula is C14H17BrF3NO3S. The number of aliphatic hydroxyl groups is 1. The molecule has 0 aliphatic heterocycles. The van der Waals surface area contributed by atoms with Crippen LogP contribution in [-0.4, -0.2) is 34.7 Å². The number of aryl methyl sites for hydroxylation is 1. The summed E-state index contributed by atoms with van der Waals surface area (Å²) in [5.41, 5.74) is -1.97. The van der Waals surface area contributed by atoms with Gasteiger partial charge in [-0.2, -0.15) is 13.2 Å². The van der Waals surface area contributed by atoms with Gasteiger partial charge in [-0.25, -0.2) is 8.42 Å². The lowest BCUT2D eigenvalue weighted by molar-refractivity contribution is -0.270. The predicted molar refractivity (Wildman–Crippen MR) is 82.4 cm³/mol. The van der Waals surface area contributed by atoms with Crippen LogP contribution in [0.5, 0.6) is 0 Å². The van der Waals surface area contributed by atoms with Crippen LogP contribution in [0.25, 0.3) is 0 Å². The van der Waals surface area contributed by atoms with Crippen LogP contribution in [0, 0.1) is 6.92 Å². The van der Waals surface area contributed by atoms with Crippen LogP contribution in [0.2, 0.25) is 0 Å². The van der Waals surface area contributed by atoms with Crippen molar-refractivity contribution >= 4 is 26.2 Å². The largest absolute Gasteiger partial charge is 0.417 e. The fourth-order valence-electron chi connectivity index (χ4n) is 2.64. The number of hydrogen-bond acceptors (Lipinski definition) is 3. The molecule has 1 aliphatic carbocycles. The zero-order chi connectivity index (χ0) is 17.5. The zero-order valence-corrected chi connectivity index (χ0v) is 14.7. The highest BCUT2D eigenvalue weighted by Crippen LogP contribution is 2.43. The van der Waals surface area contributed by atoms with Crippen LogP contribution in [0.4, 0.5) is 13.2 Å². The van der Waals surface area contributed by atoms with E-state index in [-0.39, 0.29) is 17.7 Å². The fraction of sp³-hybridized carbons (Fsp3) is 0.571. The van der Waals surface area contributed by atoms with E-state index in [1.54, 1.807) is 19.1 Å². The lowest BCUT2D eigenvalue weighted by Crippen LogP contribution is -2.50. The van der Waals surface area contributed by atoms with E-state index >= 15 is 0 Å². The zero-order valence-electron chi connectivity index (χ0n) is 12.3. The van der Waals surface area contributed by atoms with Crippen LogP contribution in [-0.2, 0) is 10.0 Å². The van der Waals surface area contributed by atoms with Gasteiger partial charge in [-0.3, -0.25) is 0 Å². The van der Waals surface area contributed by atoms with Gasteiger partial charge in [0, 0.05) is 22.2 Å². The number of sulfonamides is 1. The van der Waals surface area contributed by atoms with Crippen LogP contribution >= 0.6 is 16.1 Å². The van der Waals surface area contributed by atoms with Gasteiger partial charge in [0.05, 0.1) is 4.90 Å². The molecule has 0 atom stereocenters. The Kier molecular flexibility index (Phi) is 5.16. The first-order chi connectivity index (χ1) is 10.5. The molecule has 23 heavy (non-hydrogen) atoms. The number of nitrogens with zero attached hydrogens (tertiary/aromatic N) is 1. The van der Waals surface area contributed by atoms with E-state index in [1.807, 2.05) is 0 Å². The second-order valence-corrected chi connectivity index (χ2v) is 8.87. The first-order valence-corrected chi connectivity index (χ1v) is 9.18. The van der Waals surface area contributed by atoms with E-state index in [4.69, 9.17) is 0 Å². The highest BCUT2D eigenvalue weighted by Gasteiger charge is 2.55. The normalized spacial score (nSPS) is 26.5. The smallest absolute Gasteiger partial charge is 0.380 e. The molecule has 4 nitrogen and oxygen atoms in total. The number of benzene rings is 1. The standard InChI is InChI=1S/C14H17BrF3NO3S/c1-10-3-2-4-12(9-10)23(21,22)19(15)11-5-7-13(20,8-6-11)14(16,17)18/h2-4,9,11,20H,5-8H2,1H3. The monoisotopic (exact) mass is 415 g/mol. The van der Waals surface area contributed by atoms with Gasteiger partial charge < -0.3 is 5.11 Å². The molecule has 0 radical (unpaired) electrons. The number of alkyl halides is 3. The fourth-order valence-corrected chi connectivity index (χ4v) is 4.94. The third-order valence-electron chi connectivity index (χ3n) is 4.11. The summed E-state index contributed by atoms with van der Waals surface area (Å²) in [6.07, 6.45) is -5.90. The number of halogens is 4. The second kappa shape index (κ2) is 6.34. The Bertz CT molecular complexity index is 670. The van der Waals surface area contributed by atoms with Gasteiger partial charge in [0.25, 0.3) is 10.0 Å². The average Bonchev–Trinajstić information content (AvgIpc) is 2.46. The van der Waals surface area contributed by atoms with Crippen LogP contribution in [0.1, 0.15) is 31.2 Å². The van der Waals surface area contributed by atoms with Crippen molar-refractivity contribution in [1.29, 1.82) is 0 Å². The topological polar surface area (TPSA) is 57.6 Å². The van der Waals surface area contributed by atoms with Crippen molar-refractivity contribution in [3.8, 4) is 0 Å². The molecular weight excluding hydrogens is 399 g/mol. The van der Waals surface area contributed by atoms with Crippen molar-refractivity contribution in [2.45, 2.75) is 55.3 Å². The van der Waals surface area contributed by atoms with Crippen molar-refractivity contribution < 1.29 is 26.7 Å². The Balaban J connectivity index is 2.15. The van der Waals surface area contributed by atoms with Crippen molar-refractivity contribution in [2.24, 2.45) is 0 Å². The molecule has 0 spiro atoms. The van der Waals surface area contributed by atoms with Crippen LogP contribution in [0.15, 0.2) is 29.2 Å². The van der Waals surface area contributed by atoms with Crippen molar-refractivity contribution in [3.63, 3.8) is 0 Å². The Morgan fingerprint density at radius 1 is 1.30 bits per heavy atom. The van der Waals surface area contributed by atoms with Gasteiger partial charge >= 0.3 is 6.18 Å². The van der Waals surface area contributed by atoms with Gasteiger partial charge in [-0.1, -0.05) is 12.1 Å². The van der Waals surface area contributed by atoms with Gasteiger partial charge in [-0.05, 0) is 50.3 Å². The minimum absolute atomic E-state index is 0.0750. The molecule has 0 heterocycles. The van der Waals surface area contributed by atoms with E-state index in [1.165, 1.54) is 12.1 Å². The third kappa shape index (κ3) is 3.72. The highest BCUT2D eigenvalue weighted by atomic mass is 79.9. The summed E-state index contributed by atoms with van der Waals surface area (Å²) in [5, 5.41) is 9.66. The summed E-state index contributed by atoms with van der Waals surface area (Å²) in [6.45, 7) is 1.75. The Hall–Kier alpha value is -0.640. The summed E-state index contributed by atoms with van der Waals surface area (Å²) in [7, 11) is -3.85. The van der Waals surface area contributed by atoms with E-state index in [9.17, 15) is 26.7 Å². The Morgan fingerprint density at radius 3 is 2.35 bits per heavy atom. The van der Waals surface area contributed by atoms with Crippen LogP contribution in [0.3, 0.4) is 0 Å². The van der Waals surface area contributed by atoms with Crippen molar-refractivity contribution in [2.75, 3.05) is 0 Å². The van der Waals surface area contributed by atoms with Gasteiger partial charge in [0.1, 0.15) is 0 Å². The SMILES string of the molecule is Cc1cccc(S(=O)(=O)N(Br)C2CCC(O)(C(F)(F)F)CC2)c1. The summed E-state index contributed by atoms with van der Waals surface area (Å²) in [5.74, 6) is 0. The number of hydrogen-bond donors (Lipinski definition) is 1. The van der Waals surface area contributed by atoms with E-state index < -0.39 is 40.7 Å². The minimum Gasteiger partial charge on any atom is -0.380 e. The molecule has 1 saturated carbocycles. The lowest BCUT2D eigenvalue weighted by atomic mass is 9.82. The molecule has 1 N–H and O–H groups in total. The molecule has 1 fully saturated rings. The first kappa shape index (κ1) is 18.7. The summed E-state index contributed by atoms with van der Waals surface area (Å²) >= 11 is 2.99. The molecule has 2 rings (SSSR count). The average molecular weight is 416 g/mol. The maximum Gasteiger partial charge on any atom is 0.417 e. The minimum atomic E-state index is -4.70. The van der Waals surface area contributed by atoms with Gasteiger partial charge in [0.2, 0.25) is 0 Å². The maximum atomic E-state index is 12.8.